The predicted octanol–water partition coefficient (Wildman–Crippen LogP) is 1.98. The van der Waals surface area contributed by atoms with Gasteiger partial charge in [0, 0.05) is 6.07 Å². The molecule has 0 radical (unpaired) electrons. The first kappa shape index (κ1) is 9.37. The fraction of sp³-hybridized carbons (Fsp3) is 0. The molecule has 0 spiro atoms. The first-order chi connectivity index (χ1) is 5.63. The summed E-state index contributed by atoms with van der Waals surface area (Å²) in [7, 11) is 4.69. The Kier molecular flexibility index (Phi) is 2.96. The molecule has 0 fully saturated rings. The number of nitro groups is 1. The van der Waals surface area contributed by atoms with E-state index >= 15 is 0 Å². The fourth-order valence-corrected chi connectivity index (χ4v) is 1.27. The van der Waals surface area contributed by atoms with Crippen molar-refractivity contribution in [3.8, 4) is 0 Å². The second-order valence-corrected chi connectivity index (χ2v) is 3.86. The Labute approximate surface area is 74.6 Å². The highest BCUT2D eigenvalue weighted by Gasteiger charge is 2.12. The van der Waals surface area contributed by atoms with Gasteiger partial charge in [-0.05, 0) is 24.8 Å². The van der Waals surface area contributed by atoms with Crippen LogP contribution in [0, 0.1) is 10.1 Å². The van der Waals surface area contributed by atoms with Crippen LogP contribution in [0.25, 0.3) is 0 Å². The number of nitrogens with zero attached hydrogens (tertiary/aromatic N) is 2. The van der Waals surface area contributed by atoms with Crippen LogP contribution in [0.5, 0.6) is 0 Å². The van der Waals surface area contributed by atoms with E-state index in [4.69, 9.17) is 0 Å². The minimum absolute atomic E-state index is 0.0995. The minimum Gasteiger partial charge on any atom is -0.335 e. The van der Waals surface area contributed by atoms with Crippen molar-refractivity contribution in [1.29, 1.82) is 0 Å². The van der Waals surface area contributed by atoms with E-state index in [1.807, 2.05) is 0 Å². The molecule has 1 rings (SSSR count). The van der Waals surface area contributed by atoms with E-state index in [1.54, 1.807) is 22.6 Å². The zero-order chi connectivity index (χ0) is 9.14. The van der Waals surface area contributed by atoms with Crippen LogP contribution in [0.2, 0.25) is 0 Å². The van der Waals surface area contributed by atoms with Crippen molar-refractivity contribution in [2.75, 3.05) is 4.44 Å². The number of benzene rings is 1. The monoisotopic (exact) mass is 202 g/mol. The average molecular weight is 202 g/mol. The number of rotatable bonds is 2. The van der Waals surface area contributed by atoms with Gasteiger partial charge in [-0.3, -0.25) is 10.1 Å². The predicted molar refractivity (Wildman–Crippen MR) is 55.0 cm³/mol. The molecule has 0 heterocycles. The molecule has 1 aromatic rings. The van der Waals surface area contributed by atoms with E-state index in [-0.39, 0.29) is 5.69 Å². The molecule has 0 aliphatic heterocycles. The highest BCUT2D eigenvalue weighted by Crippen LogP contribution is 2.31. The Hall–Kier alpha value is -0.720. The molecular formula is C6H8N2O2P2. The Morgan fingerprint density at radius 3 is 2.33 bits per heavy atom. The maximum Gasteiger partial charge on any atom is 0.293 e. The summed E-state index contributed by atoms with van der Waals surface area (Å²) in [6, 6.07) is 6.54. The molecule has 6 heteroatoms. The topological polar surface area (TPSA) is 46.4 Å². The van der Waals surface area contributed by atoms with Crippen molar-refractivity contribution in [3.05, 3.63) is 34.4 Å². The highest BCUT2D eigenvalue weighted by molar-refractivity contribution is 7.39. The van der Waals surface area contributed by atoms with Gasteiger partial charge in [0.15, 0.2) is 0 Å². The van der Waals surface area contributed by atoms with Gasteiger partial charge in [0.25, 0.3) is 5.69 Å². The average Bonchev–Trinajstić information content (AvgIpc) is 2.04. The van der Waals surface area contributed by atoms with Crippen LogP contribution in [0.1, 0.15) is 0 Å². The zero-order valence-electron chi connectivity index (χ0n) is 6.18. The molecule has 1 aromatic carbocycles. The van der Waals surface area contributed by atoms with Gasteiger partial charge >= 0.3 is 0 Å². The molecule has 0 N–H and O–H groups in total. The molecule has 0 aromatic heterocycles. The number of hydrogen-bond acceptors (Lipinski definition) is 3. The molecule has 12 heavy (non-hydrogen) atoms. The van der Waals surface area contributed by atoms with Gasteiger partial charge < -0.3 is 4.44 Å². The van der Waals surface area contributed by atoms with Gasteiger partial charge in [0.05, 0.1) is 4.92 Å². The minimum atomic E-state index is -0.406. The quantitative estimate of drug-likeness (QED) is 0.418. The molecular weight excluding hydrogens is 194 g/mol. The number of nitro benzene ring substituents is 1. The van der Waals surface area contributed by atoms with Crippen LogP contribution in [-0.4, -0.2) is 4.92 Å². The van der Waals surface area contributed by atoms with Crippen molar-refractivity contribution >= 4 is 30.2 Å². The van der Waals surface area contributed by atoms with Crippen LogP contribution < -0.4 is 4.44 Å². The largest absolute Gasteiger partial charge is 0.335 e. The molecule has 0 aliphatic carbocycles. The maximum absolute atomic E-state index is 10.5. The van der Waals surface area contributed by atoms with Crippen LogP contribution >= 0.6 is 18.8 Å². The smallest absolute Gasteiger partial charge is 0.293 e. The van der Waals surface area contributed by atoms with Crippen molar-refractivity contribution < 1.29 is 4.92 Å². The first-order valence-corrected chi connectivity index (χ1v) is 4.19. The zero-order valence-corrected chi connectivity index (χ0v) is 8.48. The molecule has 0 aliphatic rings. The summed E-state index contributed by atoms with van der Waals surface area (Å²) < 4.78 is 1.55. The van der Waals surface area contributed by atoms with Crippen molar-refractivity contribution in [2.45, 2.75) is 0 Å². The second-order valence-electron chi connectivity index (χ2n) is 2.15. The van der Waals surface area contributed by atoms with Crippen molar-refractivity contribution in [1.82, 2.24) is 0 Å². The first-order valence-electron chi connectivity index (χ1n) is 3.16. The van der Waals surface area contributed by atoms with Gasteiger partial charge in [0.1, 0.15) is 5.69 Å². The third kappa shape index (κ3) is 1.90. The van der Waals surface area contributed by atoms with E-state index < -0.39 is 4.92 Å². The summed E-state index contributed by atoms with van der Waals surface area (Å²) in [5.74, 6) is 0. The Bertz CT molecular complexity index is 303. The van der Waals surface area contributed by atoms with Gasteiger partial charge in [-0.1, -0.05) is 12.1 Å². The molecule has 0 saturated carbocycles. The normalized spacial score (nSPS) is 9.50. The second kappa shape index (κ2) is 3.79. The van der Waals surface area contributed by atoms with Gasteiger partial charge in [-0.25, -0.2) is 0 Å². The fourth-order valence-electron chi connectivity index (χ4n) is 0.837. The lowest BCUT2D eigenvalue weighted by atomic mass is 10.3. The molecule has 0 saturated heterocycles. The molecule has 2 atom stereocenters. The lowest BCUT2D eigenvalue weighted by Gasteiger charge is -2.10. The third-order valence-corrected chi connectivity index (χ3v) is 1.91. The van der Waals surface area contributed by atoms with Crippen LogP contribution in [0.4, 0.5) is 11.4 Å². The van der Waals surface area contributed by atoms with E-state index in [2.05, 4.69) is 18.8 Å². The highest BCUT2D eigenvalue weighted by atomic mass is 31.1. The molecule has 0 amide bonds. The molecule has 64 valence electrons. The summed E-state index contributed by atoms with van der Waals surface area (Å²) in [5, 5.41) is 10.5. The van der Waals surface area contributed by atoms with E-state index in [0.717, 1.165) is 0 Å². The molecule has 4 nitrogen and oxygen atoms in total. The SMILES string of the molecule is O=[N+]([O-])c1ccccc1N(P)P. The van der Waals surface area contributed by atoms with Crippen molar-refractivity contribution in [2.24, 2.45) is 0 Å². The Balaban J connectivity index is 3.17. The lowest BCUT2D eigenvalue weighted by molar-refractivity contribution is -0.384. The summed E-state index contributed by atoms with van der Waals surface area (Å²) in [5.41, 5.74) is 0.653. The van der Waals surface area contributed by atoms with Crippen LogP contribution in [0.3, 0.4) is 0 Å². The van der Waals surface area contributed by atoms with E-state index in [0.29, 0.717) is 5.69 Å². The van der Waals surface area contributed by atoms with Crippen LogP contribution in [0.15, 0.2) is 24.3 Å². The van der Waals surface area contributed by atoms with Crippen molar-refractivity contribution in [3.63, 3.8) is 0 Å². The maximum atomic E-state index is 10.5. The summed E-state index contributed by atoms with van der Waals surface area (Å²) in [6.07, 6.45) is 0. The lowest BCUT2D eigenvalue weighted by Crippen LogP contribution is -1.96. The Morgan fingerprint density at radius 1 is 1.33 bits per heavy atom. The number of anilines is 1. The summed E-state index contributed by atoms with van der Waals surface area (Å²) in [6.45, 7) is 0. The molecule has 0 bridgehead atoms. The standard InChI is InChI=1S/C6H8N2O2P2/c9-7(10)5-3-1-2-4-6(5)8(11)12/h1-4H,11-12H2. The third-order valence-electron chi connectivity index (χ3n) is 1.36. The number of para-hydroxylation sites is 2. The van der Waals surface area contributed by atoms with Gasteiger partial charge in [-0.2, -0.15) is 0 Å². The van der Waals surface area contributed by atoms with Crippen LogP contribution in [-0.2, 0) is 0 Å². The summed E-state index contributed by atoms with van der Waals surface area (Å²) >= 11 is 0. The van der Waals surface area contributed by atoms with Gasteiger partial charge in [0.2, 0.25) is 0 Å². The number of hydrogen-bond donors (Lipinski definition) is 0. The van der Waals surface area contributed by atoms with E-state index in [9.17, 15) is 10.1 Å². The molecule has 2 unspecified atom stereocenters. The van der Waals surface area contributed by atoms with E-state index in [1.165, 1.54) is 6.07 Å². The Morgan fingerprint density at radius 2 is 1.92 bits per heavy atom. The van der Waals surface area contributed by atoms with Gasteiger partial charge in [-0.15, -0.1) is 0 Å². The summed E-state index contributed by atoms with van der Waals surface area (Å²) in [4.78, 5) is 10.1.